The quantitative estimate of drug-likeness (QED) is 0.0141. The van der Waals surface area contributed by atoms with Crippen molar-refractivity contribution < 1.29 is 91.9 Å². The fourth-order valence-corrected chi connectivity index (χ4v) is 17.4. The molecule has 4 N–H and O–H groups in total. The minimum atomic E-state index is -0.833. The van der Waals surface area contributed by atoms with E-state index in [0.29, 0.717) is 142 Å². The van der Waals surface area contributed by atoms with Crippen molar-refractivity contribution in [2.75, 3.05) is 88.0 Å². The SMILES string of the molecule is COc1ccc(C2C(C(=O)c3cccs3)=C(O)C(=O)N2CCCn2ccnc2)c(OC)c1.COc1ccc(OC)c(C2C(=C(O)c3ccccc3)C(=O)C(=O)N2CCCn2ccnc2)c1.COc1cccc(C2C(=C(O)c3ccc(C)cc3)C(=O)C(=O)N2CCCN2CCOCC2)c1.O=C1C(=O)N(Cc2cccnc2)C(c2cccc(Oc3ccccc3)c2)C1=C(O)c1ccc(Cl)cc1. The number of ether oxygens (including phenoxy) is 7. The van der Waals surface area contributed by atoms with Crippen molar-refractivity contribution in [2.24, 2.45) is 0 Å². The van der Waals surface area contributed by atoms with Crippen LogP contribution in [0.25, 0.3) is 17.3 Å². The van der Waals surface area contributed by atoms with Crippen LogP contribution in [0.5, 0.6) is 40.2 Å². The number of nitrogens with zero attached hydrogens (tertiary/aromatic N) is 10. The van der Waals surface area contributed by atoms with Gasteiger partial charge in [0.1, 0.15) is 57.5 Å². The molecule has 31 heteroatoms. The Morgan fingerprint density at radius 2 is 0.948 bits per heavy atom. The van der Waals surface area contributed by atoms with Crippen molar-refractivity contribution in [2.45, 2.75) is 70.0 Å². The van der Waals surface area contributed by atoms with E-state index in [-0.39, 0.29) is 51.9 Å². The Morgan fingerprint density at radius 3 is 1.50 bits per heavy atom. The summed E-state index contributed by atoms with van der Waals surface area (Å²) in [6.07, 6.45) is 15.7. The molecule has 4 unspecified atom stereocenters. The van der Waals surface area contributed by atoms with Crippen LogP contribution in [0.1, 0.15) is 103 Å². The number of hydrogen-bond acceptors (Lipinski definition) is 24. The molecule has 4 fully saturated rings. The minimum absolute atomic E-state index is 0.00285. The van der Waals surface area contributed by atoms with Crippen molar-refractivity contribution in [1.29, 1.82) is 0 Å². The van der Waals surface area contributed by atoms with Crippen LogP contribution in [0, 0.1) is 6.92 Å². The third-order valence-corrected chi connectivity index (χ3v) is 24.4. The Labute approximate surface area is 782 Å². The number of morpholine rings is 1. The van der Waals surface area contributed by atoms with E-state index in [1.54, 1.807) is 201 Å². The summed E-state index contributed by atoms with van der Waals surface area (Å²) >= 11 is 7.27. The number of hydrogen-bond donors (Lipinski definition) is 4. The highest BCUT2D eigenvalue weighted by molar-refractivity contribution is 7.12. The van der Waals surface area contributed by atoms with Gasteiger partial charge in [-0.1, -0.05) is 126 Å². The number of rotatable bonds is 30. The molecule has 5 aliphatic heterocycles. The summed E-state index contributed by atoms with van der Waals surface area (Å²) in [5, 5.41) is 46.5. The number of para-hydroxylation sites is 1. The van der Waals surface area contributed by atoms with Crippen molar-refractivity contribution in [3.63, 3.8) is 0 Å². The van der Waals surface area contributed by atoms with Gasteiger partial charge in [0.2, 0.25) is 5.78 Å². The average Bonchev–Trinajstić information content (AvgIpc) is 1.64. The first kappa shape index (κ1) is 94.9. The molecule has 688 valence electrons. The predicted octanol–water partition coefficient (Wildman–Crippen LogP) is 16.3. The van der Waals surface area contributed by atoms with E-state index in [1.807, 2.05) is 107 Å². The van der Waals surface area contributed by atoms with Gasteiger partial charge in [0.15, 0.2) is 5.76 Å². The van der Waals surface area contributed by atoms with E-state index in [4.69, 9.17) is 44.8 Å². The normalized spacial score (nSPS) is 17.8. The topological polar surface area (TPSA) is 347 Å². The van der Waals surface area contributed by atoms with Crippen LogP contribution in [0.15, 0.2) is 302 Å². The largest absolute Gasteiger partial charge is 0.507 e. The van der Waals surface area contributed by atoms with E-state index < -0.39 is 70.9 Å². The highest BCUT2D eigenvalue weighted by atomic mass is 35.5. The molecule has 17 rings (SSSR count). The number of aromatic nitrogens is 5. The van der Waals surface area contributed by atoms with Crippen LogP contribution in [-0.4, -0.2) is 204 Å². The molecule has 4 amide bonds. The predicted molar refractivity (Wildman–Crippen MR) is 503 cm³/mol. The van der Waals surface area contributed by atoms with E-state index in [0.717, 1.165) is 42.7 Å². The average molecular weight is 1850 g/mol. The number of halogens is 1. The van der Waals surface area contributed by atoms with Crippen LogP contribution in [0.4, 0.5) is 0 Å². The van der Waals surface area contributed by atoms with Gasteiger partial charge in [0, 0.05) is 135 Å². The van der Waals surface area contributed by atoms with Gasteiger partial charge in [-0.25, -0.2) is 9.97 Å². The summed E-state index contributed by atoms with van der Waals surface area (Å²) in [7, 11) is 7.70. The minimum Gasteiger partial charge on any atom is -0.507 e. The lowest BCUT2D eigenvalue weighted by Gasteiger charge is -2.29. The number of aliphatic hydroxyl groups excluding tert-OH is 4. The second-order valence-electron chi connectivity index (χ2n) is 31.6. The van der Waals surface area contributed by atoms with E-state index in [2.05, 4.69) is 19.9 Å². The Balaban J connectivity index is 0.000000143. The Hall–Kier alpha value is -15.2. The first-order valence-corrected chi connectivity index (χ1v) is 44.4. The van der Waals surface area contributed by atoms with Gasteiger partial charge in [-0.15, -0.1) is 11.3 Å². The van der Waals surface area contributed by atoms with Crippen LogP contribution in [-0.2, 0) is 57.9 Å². The zero-order chi connectivity index (χ0) is 94.5. The number of pyridine rings is 1. The number of methoxy groups -OCH3 is 5. The molecule has 0 radical (unpaired) electrons. The Morgan fingerprint density at radius 1 is 0.448 bits per heavy atom. The Bertz CT molecular complexity index is 6310. The summed E-state index contributed by atoms with van der Waals surface area (Å²) in [5.41, 5.74) is 5.89. The molecule has 134 heavy (non-hydrogen) atoms. The number of thiophene rings is 1. The number of benzene rings is 8. The molecule has 12 aromatic rings. The number of carbonyl (C=O) groups excluding carboxylic acids is 8. The van der Waals surface area contributed by atoms with Crippen LogP contribution in [0.3, 0.4) is 0 Å². The van der Waals surface area contributed by atoms with Crippen molar-refractivity contribution in [3.8, 4) is 40.2 Å². The molecule has 8 aromatic carbocycles. The smallest absolute Gasteiger partial charge is 0.295 e. The number of aliphatic hydroxyl groups is 4. The standard InChI is InChI=1S/C29H21ClN2O4.C26H30N2O5.C25H25N3O5.C23H23N3O5S/c30-22-13-11-20(12-14-22)27(33)25-26(32(29(35)28(25)34)18-19-6-5-15-31-17-19)21-7-4-10-24(16-21)36-23-8-2-1-3-9-23;1-18-7-9-19(10-8-18)24(29)22-23(20-5-3-6-21(17-20)32-2)28(26(31)25(22)30)12-4-11-27-13-15-33-16-14-27;1-32-18-9-10-20(33-2)19(15-18)22-21(23(29)17-7-4-3-5-8-17)24(30)25(31)28(22)13-6-12-27-14-11-26-16-27;1-30-15-6-7-16(17(13-15)31-2)20-19(21(27)18-5-3-12-32-18)22(28)23(29)26(20)10-4-9-25-11-8-24-14-25/h1-17,26,33H,18H2;3,5-10,17,23,29H,4,11-16H2,1-2H3;3-5,7-11,14-16,22,29H,6,12-13H2,1-2H3;3,5-8,11-14,20,28H,4,9-10H2,1-2H3. The molecule has 4 saturated heterocycles. The highest BCUT2D eigenvalue weighted by Gasteiger charge is 2.51. The van der Waals surface area contributed by atoms with E-state index >= 15 is 0 Å². The van der Waals surface area contributed by atoms with Gasteiger partial charge in [-0.2, -0.15) is 0 Å². The van der Waals surface area contributed by atoms with Crippen molar-refractivity contribution in [1.82, 2.24) is 48.6 Å². The summed E-state index contributed by atoms with van der Waals surface area (Å²) in [4.78, 5) is 126. The third-order valence-electron chi connectivity index (χ3n) is 23.2. The molecule has 4 atom stereocenters. The molecule has 9 heterocycles. The molecule has 29 nitrogen and oxygen atoms in total. The van der Waals surface area contributed by atoms with Crippen LogP contribution in [0.2, 0.25) is 5.02 Å². The number of aryl methyl sites for hydroxylation is 3. The summed E-state index contributed by atoms with van der Waals surface area (Å²) in [5.74, 6) is -2.29. The summed E-state index contributed by atoms with van der Waals surface area (Å²) in [6, 6.07) is 60.6. The molecule has 0 spiro atoms. The molecule has 4 aromatic heterocycles. The van der Waals surface area contributed by atoms with Gasteiger partial charge in [-0.3, -0.25) is 48.2 Å². The van der Waals surface area contributed by atoms with Gasteiger partial charge < -0.3 is 82.3 Å². The van der Waals surface area contributed by atoms with Gasteiger partial charge in [0.05, 0.1) is 113 Å². The van der Waals surface area contributed by atoms with Gasteiger partial charge >= 0.3 is 0 Å². The fraction of sp³-hybridized carbons (Fsp3) is 0.233. The molecule has 0 aliphatic carbocycles. The van der Waals surface area contributed by atoms with Crippen LogP contribution < -0.4 is 28.4 Å². The fourth-order valence-electron chi connectivity index (χ4n) is 16.6. The number of Topliss-reactive ketones (excluding diaryl/α,β-unsaturated/α-hetero) is 4. The zero-order valence-electron chi connectivity index (χ0n) is 74.4. The van der Waals surface area contributed by atoms with Crippen molar-refractivity contribution >= 4 is 87.0 Å². The maximum Gasteiger partial charge on any atom is 0.295 e. The lowest BCUT2D eigenvalue weighted by Crippen LogP contribution is -2.38. The molecular weight excluding hydrogens is 1750 g/mol. The number of carbonyl (C=O) groups is 8. The molecule has 0 saturated carbocycles. The lowest BCUT2D eigenvalue weighted by molar-refractivity contribution is -0.140. The number of imidazole rings is 2. The zero-order valence-corrected chi connectivity index (χ0v) is 75.9. The summed E-state index contributed by atoms with van der Waals surface area (Å²) < 4.78 is 42.4. The highest BCUT2D eigenvalue weighted by Crippen LogP contribution is 2.48. The molecule has 0 bridgehead atoms. The first-order chi connectivity index (χ1) is 65.1. The molecular formula is C103H99ClN10O19S. The number of amides is 4. The monoisotopic (exact) mass is 1850 g/mol. The summed E-state index contributed by atoms with van der Waals surface area (Å²) in [6.45, 7) is 8.39. The number of ketones is 4. The van der Waals surface area contributed by atoms with Gasteiger partial charge in [0.25, 0.3) is 41.0 Å². The first-order valence-electron chi connectivity index (χ1n) is 43.2. The maximum absolute atomic E-state index is 13.3. The number of likely N-dealkylation sites (tertiary alicyclic amines) is 3. The second-order valence-corrected chi connectivity index (χ2v) is 33.0. The van der Waals surface area contributed by atoms with E-state index in [9.17, 15) is 58.8 Å². The lowest BCUT2D eigenvalue weighted by atomic mass is 9.94. The second kappa shape index (κ2) is 44.6. The maximum atomic E-state index is 13.3. The van der Waals surface area contributed by atoms with Gasteiger partial charge in [-0.05, 0) is 151 Å². The van der Waals surface area contributed by atoms with E-state index in [1.165, 1.54) is 47.4 Å². The van der Waals surface area contributed by atoms with Crippen LogP contribution >= 0.6 is 22.9 Å². The van der Waals surface area contributed by atoms with Crippen molar-refractivity contribution in [3.05, 3.63) is 362 Å². The third kappa shape index (κ3) is 21.8. The molecule has 5 aliphatic rings. The Kier molecular flexibility index (Phi) is 31.6.